The smallest absolute Gasteiger partial charge is 0.323 e. The van der Waals surface area contributed by atoms with Gasteiger partial charge in [0.15, 0.2) is 0 Å². The van der Waals surface area contributed by atoms with Crippen LogP contribution in [0, 0.1) is 11.3 Å². The Bertz CT molecular complexity index is 1530. The summed E-state index contributed by atoms with van der Waals surface area (Å²) in [7, 11) is 1.90. The van der Waals surface area contributed by atoms with Crippen LogP contribution in [0.2, 0.25) is 5.15 Å². The number of aromatic nitrogens is 5. The molecule has 216 valence electrons. The number of nitrogens with one attached hydrogen (secondary N) is 1. The highest BCUT2D eigenvalue weighted by Crippen LogP contribution is 2.52. The zero-order chi connectivity index (χ0) is 28.5. The molecule has 0 aromatic carbocycles. The number of hydrogen-bond acceptors (Lipinski definition) is 11. The quantitative estimate of drug-likeness (QED) is 0.415. The Morgan fingerprint density at radius 3 is 2.95 bits per heavy atom. The van der Waals surface area contributed by atoms with Crippen LogP contribution in [0.15, 0.2) is 6.20 Å². The van der Waals surface area contributed by atoms with Crippen LogP contribution >= 0.6 is 22.9 Å². The van der Waals surface area contributed by atoms with Gasteiger partial charge in [-0.05, 0) is 44.7 Å². The molecule has 1 spiro atoms. The van der Waals surface area contributed by atoms with Crippen LogP contribution in [0.3, 0.4) is 0 Å². The molecule has 3 N–H and O–H groups in total. The van der Waals surface area contributed by atoms with Gasteiger partial charge in [-0.15, -0.1) is 11.3 Å². The lowest BCUT2D eigenvalue weighted by molar-refractivity contribution is 0.107. The van der Waals surface area contributed by atoms with Crippen molar-refractivity contribution < 1.29 is 9.13 Å². The number of hydrogen-bond donors (Lipinski definition) is 2. The second kappa shape index (κ2) is 9.68. The average molecular weight is 599 g/mol. The predicted molar refractivity (Wildman–Crippen MR) is 154 cm³/mol. The molecule has 7 rings (SSSR count). The molecule has 3 aromatic heterocycles. The molecule has 0 amide bonds. The van der Waals surface area contributed by atoms with Gasteiger partial charge in [0, 0.05) is 49.0 Å². The van der Waals surface area contributed by atoms with E-state index in [0.717, 1.165) is 43.4 Å². The molecule has 3 aromatic rings. The van der Waals surface area contributed by atoms with Gasteiger partial charge in [0.25, 0.3) is 0 Å². The summed E-state index contributed by atoms with van der Waals surface area (Å²) in [5.41, 5.74) is 8.27. The fourth-order valence-electron chi connectivity index (χ4n) is 7.26. The van der Waals surface area contributed by atoms with Crippen molar-refractivity contribution in [1.82, 2.24) is 30.0 Å². The van der Waals surface area contributed by atoms with Crippen LogP contribution in [0.5, 0.6) is 6.01 Å². The summed E-state index contributed by atoms with van der Waals surface area (Å²) in [6, 6.07) is 2.37. The van der Waals surface area contributed by atoms with E-state index in [1.54, 1.807) is 6.20 Å². The van der Waals surface area contributed by atoms with Gasteiger partial charge in [-0.3, -0.25) is 10.00 Å². The minimum Gasteiger partial charge on any atom is -0.461 e. The van der Waals surface area contributed by atoms with Gasteiger partial charge in [-0.2, -0.15) is 25.3 Å². The van der Waals surface area contributed by atoms with E-state index in [9.17, 15) is 9.65 Å². The molecule has 0 bridgehead atoms. The third-order valence-corrected chi connectivity index (χ3v) is 10.9. The van der Waals surface area contributed by atoms with Crippen LogP contribution in [0.4, 0.5) is 21.3 Å². The summed E-state index contributed by atoms with van der Waals surface area (Å²) >= 11 is 7.87. The highest BCUT2D eigenvalue weighted by Gasteiger charge is 2.52. The zero-order valence-corrected chi connectivity index (χ0v) is 24.6. The lowest BCUT2D eigenvalue weighted by atomic mass is 9.74. The molecule has 1 aliphatic carbocycles. The first-order chi connectivity index (χ1) is 19.7. The number of nitrogen functional groups attached to an aromatic ring is 1. The Kier molecular flexibility index (Phi) is 6.29. The van der Waals surface area contributed by atoms with Gasteiger partial charge in [-0.1, -0.05) is 11.6 Å². The van der Waals surface area contributed by atoms with Crippen LogP contribution < -0.4 is 20.3 Å². The number of thiophene rings is 1. The van der Waals surface area contributed by atoms with E-state index in [4.69, 9.17) is 37.0 Å². The first-order valence-corrected chi connectivity index (χ1v) is 15.2. The number of fused-ring (bicyclic) bond motifs is 3. The summed E-state index contributed by atoms with van der Waals surface area (Å²) < 4.78 is 20.6. The Labute approximate surface area is 246 Å². The maximum Gasteiger partial charge on any atom is 0.323 e. The van der Waals surface area contributed by atoms with Gasteiger partial charge in [0.05, 0.1) is 23.3 Å². The maximum atomic E-state index is 14.4. The van der Waals surface area contributed by atoms with Gasteiger partial charge >= 0.3 is 6.01 Å². The minimum atomic E-state index is -0.840. The molecule has 0 saturated carbocycles. The first kappa shape index (κ1) is 26.7. The summed E-state index contributed by atoms with van der Waals surface area (Å²) in [5.74, 6) is 0.953. The number of nitrogens with two attached hydrogens (primary N) is 1. The molecule has 3 atom stereocenters. The van der Waals surface area contributed by atoms with E-state index in [1.807, 2.05) is 18.9 Å². The molecule has 41 heavy (non-hydrogen) atoms. The second-order valence-corrected chi connectivity index (χ2v) is 13.4. The van der Waals surface area contributed by atoms with Crippen molar-refractivity contribution in [3.05, 3.63) is 32.9 Å². The normalized spacial score (nSPS) is 25.1. The number of rotatable bonds is 7. The Hall–Kier alpha value is -3.21. The number of nitriles is 1. The molecule has 3 saturated heterocycles. The third kappa shape index (κ3) is 4.21. The molecule has 14 heteroatoms. The molecule has 1 unspecified atom stereocenters. The highest BCUT2D eigenvalue weighted by molar-refractivity contribution is 7.16. The number of aryl methyl sites for hydroxylation is 1. The minimum absolute atomic E-state index is 0.130. The largest absolute Gasteiger partial charge is 0.461 e. The Balaban J connectivity index is 1.18. The monoisotopic (exact) mass is 598 g/mol. The summed E-state index contributed by atoms with van der Waals surface area (Å²) in [6.45, 7) is 5.04. The number of aromatic amines is 1. The second-order valence-electron chi connectivity index (χ2n) is 11.9. The fraction of sp³-hybridized carbons (Fsp3) is 0.593. The van der Waals surface area contributed by atoms with Crippen LogP contribution in [0.1, 0.15) is 60.2 Å². The number of ether oxygens (including phenoxy) is 1. The molecule has 0 radical (unpaired) electrons. The average Bonchev–Trinajstić information content (AvgIpc) is 3.72. The third-order valence-electron chi connectivity index (χ3n) is 9.54. The Morgan fingerprint density at radius 1 is 1.37 bits per heavy atom. The van der Waals surface area contributed by atoms with Crippen molar-refractivity contribution in [3.8, 4) is 12.1 Å². The molecule has 6 heterocycles. The van der Waals surface area contributed by atoms with Crippen molar-refractivity contribution >= 4 is 39.8 Å². The topological polar surface area (TPSA) is 136 Å². The number of alkyl halides is 1. The SMILES string of the molecule is CC(c1cn[nH]c1Cl)N(C)c1nc(OC[C@@]23CCCN2C[C@H](F)C3)nc(N2CC3(CCc4sc(N)c(C#N)c43)C2)n1. The molecule has 4 aliphatic rings. The van der Waals surface area contributed by atoms with Crippen molar-refractivity contribution in [2.75, 3.05) is 55.4 Å². The molecule has 3 aliphatic heterocycles. The highest BCUT2D eigenvalue weighted by atomic mass is 35.5. The van der Waals surface area contributed by atoms with Crippen molar-refractivity contribution in [1.29, 1.82) is 5.26 Å². The predicted octanol–water partition coefficient (Wildman–Crippen LogP) is 3.62. The first-order valence-electron chi connectivity index (χ1n) is 14.0. The van der Waals surface area contributed by atoms with Crippen molar-refractivity contribution in [2.24, 2.45) is 0 Å². The van der Waals surface area contributed by atoms with E-state index in [0.29, 0.717) is 60.3 Å². The molecular weight excluding hydrogens is 567 g/mol. The van der Waals surface area contributed by atoms with E-state index in [-0.39, 0.29) is 23.0 Å². The van der Waals surface area contributed by atoms with Gasteiger partial charge in [0.2, 0.25) is 11.9 Å². The van der Waals surface area contributed by atoms with Gasteiger partial charge in [0.1, 0.15) is 29.0 Å². The summed E-state index contributed by atoms with van der Waals surface area (Å²) in [6.07, 6.45) is 5.15. The Morgan fingerprint density at radius 2 is 2.20 bits per heavy atom. The van der Waals surface area contributed by atoms with Crippen molar-refractivity contribution in [3.63, 3.8) is 0 Å². The summed E-state index contributed by atoms with van der Waals surface area (Å²) in [5, 5.41) is 17.7. The molecule has 3 fully saturated rings. The van der Waals surface area contributed by atoms with Gasteiger partial charge in [-0.25, -0.2) is 4.39 Å². The van der Waals surface area contributed by atoms with Crippen LogP contribution in [-0.4, -0.2) is 81.6 Å². The zero-order valence-electron chi connectivity index (χ0n) is 23.0. The standard InChI is InChI=1S/C27H32ClFN10OS/c1-15(18-10-32-36-21(18)28)37(2)23-33-24(35-25(34-23)40-14-27-5-3-7-39(27)11-16(29)8-27)38-12-26(13-38)6-4-19-20(26)17(9-30)22(31)41-19/h10,15-16H,3-8,11-14,31H2,1-2H3,(H,32,36)/t15?,16-,27+/m1/s1. The lowest BCUT2D eigenvalue weighted by Gasteiger charge is -2.48. The number of halogens is 2. The van der Waals surface area contributed by atoms with Crippen molar-refractivity contribution in [2.45, 2.75) is 62.2 Å². The fourth-order valence-corrected chi connectivity index (χ4v) is 8.66. The van der Waals surface area contributed by atoms with Gasteiger partial charge < -0.3 is 20.3 Å². The maximum absolute atomic E-state index is 14.4. The number of anilines is 3. The van der Waals surface area contributed by atoms with E-state index in [2.05, 4.69) is 26.1 Å². The summed E-state index contributed by atoms with van der Waals surface area (Å²) in [4.78, 5) is 21.7. The molecular formula is C27H32ClFN10OS. The van der Waals surface area contributed by atoms with E-state index in [1.165, 1.54) is 16.2 Å². The van der Waals surface area contributed by atoms with E-state index < -0.39 is 6.17 Å². The number of nitrogens with zero attached hydrogens (tertiary/aromatic N) is 8. The lowest BCUT2D eigenvalue weighted by Crippen LogP contribution is -2.59. The number of H-pyrrole nitrogens is 1. The van der Waals surface area contributed by atoms with E-state index >= 15 is 0 Å². The molecule has 11 nitrogen and oxygen atoms in total. The van der Waals surface area contributed by atoms with Crippen LogP contribution in [0.25, 0.3) is 0 Å². The van der Waals surface area contributed by atoms with Crippen LogP contribution in [-0.2, 0) is 11.8 Å².